The Morgan fingerprint density at radius 3 is 2.68 bits per heavy atom. The average molecular weight is 321 g/mol. The monoisotopic (exact) mass is 321 g/mol. The summed E-state index contributed by atoms with van der Waals surface area (Å²) in [5.74, 6) is 0.298. The zero-order valence-corrected chi connectivity index (χ0v) is 15.0. The predicted octanol–water partition coefficient (Wildman–Crippen LogP) is 3.06. The lowest BCUT2D eigenvalue weighted by Gasteiger charge is -2.57. The Morgan fingerprint density at radius 1 is 1.36 bits per heavy atom. The van der Waals surface area contributed by atoms with Gasteiger partial charge in [-0.3, -0.25) is 9.69 Å². The van der Waals surface area contributed by atoms with Crippen LogP contribution in [-0.4, -0.2) is 45.9 Å². The number of piperidine rings is 1. The van der Waals surface area contributed by atoms with Crippen molar-refractivity contribution in [2.75, 3.05) is 19.6 Å². The van der Waals surface area contributed by atoms with Crippen molar-refractivity contribution in [2.45, 2.75) is 59.0 Å². The largest absolute Gasteiger partial charge is 0.340 e. The Morgan fingerprint density at radius 2 is 2.14 bits per heavy atom. The minimum absolute atomic E-state index is 0.219. The van der Waals surface area contributed by atoms with Gasteiger partial charge in [-0.05, 0) is 26.2 Å². The summed E-state index contributed by atoms with van der Waals surface area (Å²) >= 11 is 1.79. The maximum Gasteiger partial charge on any atom is 0.228 e. The first-order chi connectivity index (χ1) is 10.3. The lowest BCUT2D eigenvalue weighted by molar-refractivity contribution is -0.148. The van der Waals surface area contributed by atoms with Crippen molar-refractivity contribution in [2.24, 2.45) is 5.41 Å². The Kier molecular flexibility index (Phi) is 4.06. The van der Waals surface area contributed by atoms with Gasteiger partial charge < -0.3 is 4.90 Å². The van der Waals surface area contributed by atoms with Gasteiger partial charge in [-0.25, -0.2) is 4.98 Å². The van der Waals surface area contributed by atoms with Crippen molar-refractivity contribution in [1.82, 2.24) is 14.8 Å². The van der Waals surface area contributed by atoms with Crippen molar-refractivity contribution in [3.05, 3.63) is 16.1 Å². The fourth-order valence-electron chi connectivity index (χ4n) is 3.72. The molecule has 22 heavy (non-hydrogen) atoms. The highest BCUT2D eigenvalue weighted by Crippen LogP contribution is 2.40. The van der Waals surface area contributed by atoms with Crippen molar-refractivity contribution < 1.29 is 4.79 Å². The highest BCUT2D eigenvalue weighted by atomic mass is 32.1. The highest BCUT2D eigenvalue weighted by molar-refractivity contribution is 7.11. The summed E-state index contributed by atoms with van der Waals surface area (Å²) in [6, 6.07) is 0. The molecule has 4 nitrogen and oxygen atoms in total. The van der Waals surface area contributed by atoms with Crippen LogP contribution in [0.2, 0.25) is 0 Å². The molecule has 0 saturated carbocycles. The van der Waals surface area contributed by atoms with Crippen LogP contribution in [0.15, 0.2) is 6.20 Å². The summed E-state index contributed by atoms with van der Waals surface area (Å²) < 4.78 is 0. The lowest BCUT2D eigenvalue weighted by Crippen LogP contribution is -2.67. The molecule has 0 unspecified atom stereocenters. The number of rotatable bonds is 2. The van der Waals surface area contributed by atoms with Gasteiger partial charge in [0.2, 0.25) is 5.91 Å². The van der Waals surface area contributed by atoms with Gasteiger partial charge in [0.15, 0.2) is 0 Å². The summed E-state index contributed by atoms with van der Waals surface area (Å²) in [5.41, 5.74) is -0.0566. The number of amides is 1. The van der Waals surface area contributed by atoms with E-state index in [2.05, 4.69) is 21.7 Å². The van der Waals surface area contributed by atoms with Gasteiger partial charge in [0.05, 0.1) is 5.01 Å². The molecule has 1 amide bonds. The zero-order chi connectivity index (χ0) is 16.0. The third kappa shape index (κ3) is 2.93. The van der Waals surface area contributed by atoms with Crippen molar-refractivity contribution >= 4 is 17.2 Å². The van der Waals surface area contributed by atoms with E-state index in [4.69, 9.17) is 0 Å². The second-order valence-corrected chi connectivity index (χ2v) is 9.14. The number of nitrogens with zero attached hydrogens (tertiary/aromatic N) is 3. The molecule has 1 aromatic rings. The molecule has 1 atom stereocenters. The van der Waals surface area contributed by atoms with Gasteiger partial charge in [-0.15, -0.1) is 11.3 Å². The summed E-state index contributed by atoms with van der Waals surface area (Å²) in [6.45, 7) is 12.1. The van der Waals surface area contributed by atoms with E-state index in [1.807, 2.05) is 27.0 Å². The molecule has 2 fully saturated rings. The Labute approximate surface area is 137 Å². The number of aromatic nitrogens is 1. The first-order valence-corrected chi connectivity index (χ1v) is 9.08. The second-order valence-electron chi connectivity index (χ2n) is 7.82. The molecule has 0 N–H and O–H groups in total. The maximum atomic E-state index is 12.6. The zero-order valence-electron chi connectivity index (χ0n) is 14.2. The first kappa shape index (κ1) is 15.9. The molecule has 1 spiro atoms. The van der Waals surface area contributed by atoms with Crippen LogP contribution in [0, 0.1) is 12.3 Å². The molecule has 0 radical (unpaired) electrons. The van der Waals surface area contributed by atoms with Gasteiger partial charge in [0.1, 0.15) is 0 Å². The summed E-state index contributed by atoms with van der Waals surface area (Å²) in [7, 11) is 0. The van der Waals surface area contributed by atoms with E-state index in [9.17, 15) is 4.79 Å². The Hall–Kier alpha value is -0.940. The van der Waals surface area contributed by atoms with E-state index < -0.39 is 0 Å². The number of aryl methyl sites for hydroxylation is 1. The van der Waals surface area contributed by atoms with Crippen LogP contribution in [0.4, 0.5) is 0 Å². The van der Waals surface area contributed by atoms with Crippen molar-refractivity contribution in [3.63, 3.8) is 0 Å². The van der Waals surface area contributed by atoms with Gasteiger partial charge in [-0.2, -0.15) is 0 Å². The molecule has 1 aromatic heterocycles. The SMILES string of the molecule is Cc1ncc(CN2CC[C@]23CCCN(C(=O)C(C)(C)C)C3)s1. The van der Waals surface area contributed by atoms with Crippen LogP contribution in [-0.2, 0) is 11.3 Å². The molecule has 0 aromatic carbocycles. The third-order valence-corrected chi connectivity index (χ3v) is 5.92. The highest BCUT2D eigenvalue weighted by Gasteiger charge is 2.48. The fraction of sp³-hybridized carbons (Fsp3) is 0.765. The number of carbonyl (C=O) groups excluding carboxylic acids is 1. The number of carbonyl (C=O) groups is 1. The molecular weight excluding hydrogens is 294 g/mol. The first-order valence-electron chi connectivity index (χ1n) is 8.26. The van der Waals surface area contributed by atoms with E-state index in [1.165, 1.54) is 17.7 Å². The number of hydrogen-bond donors (Lipinski definition) is 0. The molecule has 3 rings (SSSR count). The molecule has 0 aliphatic carbocycles. The van der Waals surface area contributed by atoms with Crippen molar-refractivity contribution in [1.29, 1.82) is 0 Å². The van der Waals surface area contributed by atoms with E-state index >= 15 is 0 Å². The Balaban J connectivity index is 1.69. The number of thiazole rings is 1. The fourth-order valence-corrected chi connectivity index (χ4v) is 4.53. The molecule has 0 bridgehead atoms. The smallest absolute Gasteiger partial charge is 0.228 e. The number of likely N-dealkylation sites (tertiary alicyclic amines) is 2. The maximum absolute atomic E-state index is 12.6. The van der Waals surface area contributed by atoms with Crippen LogP contribution in [0.1, 0.15) is 49.9 Å². The van der Waals surface area contributed by atoms with Crippen LogP contribution in [0.5, 0.6) is 0 Å². The molecule has 2 saturated heterocycles. The van der Waals surface area contributed by atoms with Crippen LogP contribution in [0.25, 0.3) is 0 Å². The van der Waals surface area contributed by atoms with E-state index in [0.29, 0.717) is 5.91 Å². The number of hydrogen-bond acceptors (Lipinski definition) is 4. The summed E-state index contributed by atoms with van der Waals surface area (Å²) in [4.78, 5) is 23.0. The van der Waals surface area contributed by atoms with Crippen LogP contribution < -0.4 is 0 Å². The van der Waals surface area contributed by atoms with Gasteiger partial charge in [0.25, 0.3) is 0 Å². The van der Waals surface area contributed by atoms with Gasteiger partial charge >= 0.3 is 0 Å². The summed E-state index contributed by atoms with van der Waals surface area (Å²) in [5, 5.41) is 1.14. The predicted molar refractivity (Wildman–Crippen MR) is 89.9 cm³/mol. The van der Waals surface area contributed by atoms with E-state index in [0.717, 1.165) is 37.6 Å². The third-order valence-electron chi connectivity index (χ3n) is 5.02. The van der Waals surface area contributed by atoms with Crippen LogP contribution >= 0.6 is 11.3 Å². The van der Waals surface area contributed by atoms with Gasteiger partial charge in [-0.1, -0.05) is 20.8 Å². The minimum atomic E-state index is -0.276. The van der Waals surface area contributed by atoms with E-state index in [-0.39, 0.29) is 11.0 Å². The Bertz CT molecular complexity index is 562. The standard InChI is InChI=1S/C17H27N3OS/c1-13-18-10-14(22-13)11-20-9-7-17(20)6-5-8-19(12-17)15(21)16(2,3)4/h10H,5-9,11-12H2,1-4H3/t17-/m0/s1. The lowest BCUT2D eigenvalue weighted by atomic mass is 9.77. The topological polar surface area (TPSA) is 36.4 Å². The molecule has 122 valence electrons. The molecule has 5 heteroatoms. The summed E-state index contributed by atoms with van der Waals surface area (Å²) in [6.07, 6.45) is 5.57. The second kappa shape index (κ2) is 5.60. The average Bonchev–Trinajstić information content (AvgIpc) is 2.87. The van der Waals surface area contributed by atoms with Crippen molar-refractivity contribution in [3.8, 4) is 0 Å². The van der Waals surface area contributed by atoms with E-state index in [1.54, 1.807) is 11.3 Å². The minimum Gasteiger partial charge on any atom is -0.340 e. The quantitative estimate of drug-likeness (QED) is 0.840. The molecule has 2 aliphatic rings. The molecule has 3 heterocycles. The molecule has 2 aliphatic heterocycles. The normalized spacial score (nSPS) is 26.3. The van der Waals surface area contributed by atoms with Gasteiger partial charge in [0, 0.05) is 48.2 Å². The molecular formula is C17H27N3OS. The van der Waals surface area contributed by atoms with Crippen LogP contribution in [0.3, 0.4) is 0 Å².